The molecule has 0 bridgehead atoms. The third kappa shape index (κ3) is 4.02. The first-order valence-electron chi connectivity index (χ1n) is 5.98. The molecule has 0 radical (unpaired) electrons. The van der Waals surface area contributed by atoms with E-state index >= 15 is 0 Å². The van der Waals surface area contributed by atoms with Crippen LogP contribution in [0.25, 0.3) is 0 Å². The lowest BCUT2D eigenvalue weighted by Crippen LogP contribution is -2.12. The smallest absolute Gasteiger partial charge is 0.277 e. The first-order chi connectivity index (χ1) is 10.8. The lowest BCUT2D eigenvalue weighted by molar-refractivity contribution is -0.394. The summed E-state index contributed by atoms with van der Waals surface area (Å²) in [6.07, 6.45) is 0. The number of nitrogens with zero attached hydrogens (tertiary/aromatic N) is 2. The van der Waals surface area contributed by atoms with Gasteiger partial charge in [-0.15, -0.1) is 0 Å². The van der Waals surface area contributed by atoms with Gasteiger partial charge in [-0.3, -0.25) is 25.0 Å². The standard InChI is InChI=1S/C13H7BrClN3O5/c14-11-2-1-8(5-12(11)15)16-13(19)7-3-9(17(20)21)6-10(4-7)18(22)23/h1-6H,(H,16,19). The van der Waals surface area contributed by atoms with Gasteiger partial charge in [0.1, 0.15) is 0 Å². The summed E-state index contributed by atoms with van der Waals surface area (Å²) in [6, 6.07) is 7.33. The first kappa shape index (κ1) is 16.8. The largest absolute Gasteiger partial charge is 0.322 e. The maximum atomic E-state index is 12.1. The van der Waals surface area contributed by atoms with Crippen LogP contribution in [0.5, 0.6) is 0 Å². The van der Waals surface area contributed by atoms with Crippen molar-refractivity contribution in [2.75, 3.05) is 5.32 Å². The van der Waals surface area contributed by atoms with Gasteiger partial charge in [0.05, 0.1) is 26.5 Å². The van der Waals surface area contributed by atoms with Gasteiger partial charge in [0.15, 0.2) is 0 Å². The normalized spacial score (nSPS) is 10.2. The fourth-order valence-corrected chi connectivity index (χ4v) is 2.14. The Morgan fingerprint density at radius 1 is 1.04 bits per heavy atom. The SMILES string of the molecule is O=C(Nc1ccc(Br)c(Cl)c1)c1cc([N+](=O)[O-])cc([N+](=O)[O-])c1. The molecule has 2 rings (SSSR count). The highest BCUT2D eigenvalue weighted by atomic mass is 79.9. The summed E-state index contributed by atoms with van der Waals surface area (Å²) in [5.74, 6) is -0.727. The molecule has 1 N–H and O–H groups in total. The summed E-state index contributed by atoms with van der Waals surface area (Å²) in [5.41, 5.74) is -0.946. The van der Waals surface area contributed by atoms with Crippen LogP contribution in [0, 0.1) is 20.2 Å². The van der Waals surface area contributed by atoms with E-state index in [1.54, 1.807) is 12.1 Å². The van der Waals surface area contributed by atoms with Crippen molar-refractivity contribution in [1.29, 1.82) is 0 Å². The van der Waals surface area contributed by atoms with E-state index in [1.807, 2.05) is 0 Å². The van der Waals surface area contributed by atoms with Crippen LogP contribution in [0.3, 0.4) is 0 Å². The topological polar surface area (TPSA) is 115 Å². The summed E-state index contributed by atoms with van der Waals surface area (Å²) in [4.78, 5) is 32.2. The highest BCUT2D eigenvalue weighted by Crippen LogP contribution is 2.27. The number of hydrogen-bond acceptors (Lipinski definition) is 5. The number of anilines is 1. The Bertz CT molecular complexity index is 795. The zero-order valence-corrected chi connectivity index (χ0v) is 13.5. The van der Waals surface area contributed by atoms with Gasteiger partial charge in [-0.2, -0.15) is 0 Å². The van der Waals surface area contributed by atoms with Gasteiger partial charge in [-0.25, -0.2) is 0 Å². The minimum atomic E-state index is -0.805. The van der Waals surface area contributed by atoms with Crippen LogP contribution in [0.1, 0.15) is 10.4 Å². The lowest BCUT2D eigenvalue weighted by Gasteiger charge is -2.06. The first-order valence-corrected chi connectivity index (χ1v) is 7.15. The number of non-ortho nitro benzene ring substituents is 2. The number of carbonyl (C=O) groups excluding carboxylic acids is 1. The van der Waals surface area contributed by atoms with Gasteiger partial charge in [0, 0.05) is 22.3 Å². The van der Waals surface area contributed by atoms with Crippen LogP contribution in [0.15, 0.2) is 40.9 Å². The van der Waals surface area contributed by atoms with E-state index in [0.29, 0.717) is 15.2 Å². The molecule has 0 fully saturated rings. The highest BCUT2D eigenvalue weighted by molar-refractivity contribution is 9.10. The van der Waals surface area contributed by atoms with Gasteiger partial charge in [-0.05, 0) is 34.1 Å². The van der Waals surface area contributed by atoms with Crippen molar-refractivity contribution in [2.24, 2.45) is 0 Å². The van der Waals surface area contributed by atoms with E-state index in [-0.39, 0.29) is 5.56 Å². The molecule has 23 heavy (non-hydrogen) atoms. The maximum Gasteiger partial charge on any atom is 0.277 e. The highest BCUT2D eigenvalue weighted by Gasteiger charge is 2.20. The minimum absolute atomic E-state index is 0.204. The molecule has 118 valence electrons. The fourth-order valence-electron chi connectivity index (χ4n) is 1.71. The number of nitro benzene ring substituents is 2. The summed E-state index contributed by atoms with van der Waals surface area (Å²) in [7, 11) is 0. The van der Waals surface area contributed by atoms with Crippen molar-refractivity contribution >= 4 is 50.5 Å². The molecule has 2 aromatic rings. The molecular weight excluding hydrogens is 394 g/mol. The Kier molecular flexibility index (Phi) is 4.92. The second-order valence-electron chi connectivity index (χ2n) is 4.34. The van der Waals surface area contributed by atoms with Crippen LogP contribution in [0.2, 0.25) is 5.02 Å². The molecule has 0 unspecified atom stereocenters. The zero-order valence-electron chi connectivity index (χ0n) is 11.2. The van der Waals surface area contributed by atoms with E-state index in [4.69, 9.17) is 11.6 Å². The van der Waals surface area contributed by atoms with Crippen molar-refractivity contribution in [3.63, 3.8) is 0 Å². The quantitative estimate of drug-likeness (QED) is 0.611. The number of nitro groups is 2. The number of halogens is 2. The van der Waals surface area contributed by atoms with E-state index in [0.717, 1.165) is 18.2 Å². The van der Waals surface area contributed by atoms with Gasteiger partial charge in [-0.1, -0.05) is 11.6 Å². The fraction of sp³-hybridized carbons (Fsp3) is 0. The number of hydrogen-bond donors (Lipinski definition) is 1. The summed E-state index contributed by atoms with van der Waals surface area (Å²) in [6.45, 7) is 0. The maximum absolute atomic E-state index is 12.1. The van der Waals surface area contributed by atoms with Crippen LogP contribution < -0.4 is 5.32 Å². The minimum Gasteiger partial charge on any atom is -0.322 e. The molecule has 10 heteroatoms. The van der Waals surface area contributed by atoms with Crippen LogP contribution in [0.4, 0.5) is 17.1 Å². The van der Waals surface area contributed by atoms with Crippen LogP contribution in [-0.2, 0) is 0 Å². The second kappa shape index (κ2) is 6.71. The van der Waals surface area contributed by atoms with Gasteiger partial charge in [0.25, 0.3) is 17.3 Å². The predicted octanol–water partition coefficient (Wildman–Crippen LogP) is 4.17. The number of nitrogens with one attached hydrogen (secondary N) is 1. The van der Waals surface area contributed by atoms with E-state index in [1.165, 1.54) is 6.07 Å². The molecule has 8 nitrogen and oxygen atoms in total. The molecule has 0 saturated carbocycles. The van der Waals surface area contributed by atoms with Crippen LogP contribution >= 0.6 is 27.5 Å². The lowest BCUT2D eigenvalue weighted by atomic mass is 10.1. The average molecular weight is 401 g/mol. The Morgan fingerprint density at radius 2 is 1.61 bits per heavy atom. The molecule has 1 amide bonds. The summed E-state index contributed by atoms with van der Waals surface area (Å²) < 4.78 is 0.628. The van der Waals surface area contributed by atoms with Crippen molar-refractivity contribution < 1.29 is 14.6 Å². The average Bonchev–Trinajstić information content (AvgIpc) is 2.50. The molecule has 0 aliphatic rings. The Balaban J connectivity index is 2.36. The molecule has 0 saturated heterocycles. The molecule has 0 spiro atoms. The summed E-state index contributed by atoms with van der Waals surface area (Å²) >= 11 is 9.10. The Labute approximate surface area is 142 Å². The van der Waals surface area contributed by atoms with Gasteiger partial charge >= 0.3 is 0 Å². The summed E-state index contributed by atoms with van der Waals surface area (Å²) in [5, 5.41) is 24.5. The van der Waals surface area contributed by atoms with Crippen molar-refractivity contribution in [3.8, 4) is 0 Å². The molecule has 0 aliphatic heterocycles. The monoisotopic (exact) mass is 399 g/mol. The van der Waals surface area contributed by atoms with E-state index in [2.05, 4.69) is 21.2 Å². The molecular formula is C13H7BrClN3O5. The number of rotatable bonds is 4. The molecule has 0 aromatic heterocycles. The van der Waals surface area contributed by atoms with Gasteiger partial charge < -0.3 is 5.32 Å². The Morgan fingerprint density at radius 3 is 2.09 bits per heavy atom. The number of carbonyl (C=O) groups is 1. The number of amides is 1. The van der Waals surface area contributed by atoms with E-state index < -0.39 is 27.1 Å². The molecule has 0 aliphatic carbocycles. The third-order valence-electron chi connectivity index (χ3n) is 2.76. The van der Waals surface area contributed by atoms with Crippen molar-refractivity contribution in [1.82, 2.24) is 0 Å². The van der Waals surface area contributed by atoms with Crippen molar-refractivity contribution in [2.45, 2.75) is 0 Å². The van der Waals surface area contributed by atoms with E-state index in [9.17, 15) is 25.0 Å². The predicted molar refractivity (Wildman–Crippen MR) is 86.9 cm³/mol. The zero-order chi connectivity index (χ0) is 17.1. The Hall–Kier alpha value is -2.52. The van der Waals surface area contributed by atoms with Gasteiger partial charge in [0.2, 0.25) is 0 Å². The van der Waals surface area contributed by atoms with Crippen molar-refractivity contribution in [3.05, 3.63) is 71.7 Å². The third-order valence-corrected chi connectivity index (χ3v) is 4.00. The molecule has 0 atom stereocenters. The number of benzene rings is 2. The second-order valence-corrected chi connectivity index (χ2v) is 5.60. The molecule has 0 heterocycles. The van der Waals surface area contributed by atoms with Crippen LogP contribution in [-0.4, -0.2) is 15.8 Å². The molecule has 2 aromatic carbocycles.